The Kier molecular flexibility index (Phi) is 4.47. The van der Waals surface area contributed by atoms with Gasteiger partial charge in [-0.05, 0) is 50.8 Å². The van der Waals surface area contributed by atoms with E-state index in [9.17, 15) is 9.59 Å². The SMILES string of the molecule is Cc1[nH]c2cccc(C(=O)N3CCC(C(=O)NC4CCCC4)C3)c2c1C. The van der Waals surface area contributed by atoms with E-state index in [-0.39, 0.29) is 17.7 Å². The van der Waals surface area contributed by atoms with E-state index in [1.807, 2.05) is 36.9 Å². The molecule has 2 heterocycles. The third-order valence-electron chi connectivity index (χ3n) is 6.10. The number of aryl methyl sites for hydroxylation is 2. The maximum absolute atomic E-state index is 13.1. The predicted molar refractivity (Wildman–Crippen MR) is 102 cm³/mol. The summed E-state index contributed by atoms with van der Waals surface area (Å²) in [5.41, 5.74) is 3.95. The lowest BCUT2D eigenvalue weighted by atomic mass is 10.0. The van der Waals surface area contributed by atoms with Gasteiger partial charge in [0.05, 0.1) is 5.92 Å². The largest absolute Gasteiger partial charge is 0.358 e. The number of nitrogens with one attached hydrogen (secondary N) is 2. The maximum atomic E-state index is 13.1. The van der Waals surface area contributed by atoms with Crippen molar-refractivity contribution in [1.82, 2.24) is 15.2 Å². The molecule has 5 heteroatoms. The zero-order chi connectivity index (χ0) is 18.3. The molecule has 1 atom stereocenters. The average molecular weight is 353 g/mol. The average Bonchev–Trinajstić information content (AvgIpc) is 3.36. The van der Waals surface area contributed by atoms with Crippen molar-refractivity contribution in [2.75, 3.05) is 13.1 Å². The molecular weight excluding hydrogens is 326 g/mol. The van der Waals surface area contributed by atoms with E-state index < -0.39 is 0 Å². The summed E-state index contributed by atoms with van der Waals surface area (Å²) in [6.45, 7) is 5.26. The molecule has 0 bridgehead atoms. The van der Waals surface area contributed by atoms with Crippen molar-refractivity contribution in [2.24, 2.45) is 5.92 Å². The second kappa shape index (κ2) is 6.78. The minimum atomic E-state index is -0.0761. The highest BCUT2D eigenvalue weighted by molar-refractivity contribution is 6.08. The van der Waals surface area contributed by atoms with Crippen LogP contribution in [0.3, 0.4) is 0 Å². The van der Waals surface area contributed by atoms with Crippen LogP contribution in [0.2, 0.25) is 0 Å². The standard InChI is InChI=1S/C21H27N3O2/c1-13-14(2)22-18-9-5-8-17(19(13)18)21(26)24-11-10-15(12-24)20(25)23-16-6-3-4-7-16/h5,8-9,15-16,22H,3-4,6-7,10-12H2,1-2H3,(H,23,25). The summed E-state index contributed by atoms with van der Waals surface area (Å²) in [5.74, 6) is 0.0840. The van der Waals surface area contributed by atoms with Crippen LogP contribution < -0.4 is 5.32 Å². The fourth-order valence-corrected chi connectivity index (χ4v) is 4.44. The van der Waals surface area contributed by atoms with Gasteiger partial charge in [0.15, 0.2) is 0 Å². The number of H-pyrrole nitrogens is 1. The third-order valence-corrected chi connectivity index (χ3v) is 6.10. The Hall–Kier alpha value is -2.30. The zero-order valence-corrected chi connectivity index (χ0v) is 15.6. The zero-order valence-electron chi connectivity index (χ0n) is 15.6. The maximum Gasteiger partial charge on any atom is 0.254 e. The van der Waals surface area contributed by atoms with Crippen molar-refractivity contribution >= 4 is 22.7 Å². The molecule has 1 aromatic carbocycles. The van der Waals surface area contributed by atoms with Crippen molar-refractivity contribution in [1.29, 1.82) is 0 Å². The monoisotopic (exact) mass is 353 g/mol. The second-order valence-corrected chi connectivity index (χ2v) is 7.83. The van der Waals surface area contributed by atoms with Gasteiger partial charge in [0.1, 0.15) is 0 Å². The number of amides is 2. The molecule has 5 nitrogen and oxygen atoms in total. The molecule has 26 heavy (non-hydrogen) atoms. The molecule has 1 aromatic heterocycles. The molecule has 2 N–H and O–H groups in total. The number of likely N-dealkylation sites (tertiary alicyclic amines) is 1. The van der Waals surface area contributed by atoms with Crippen LogP contribution in [0.1, 0.15) is 53.7 Å². The van der Waals surface area contributed by atoms with Gasteiger partial charge in [0, 0.05) is 41.3 Å². The number of hydrogen-bond acceptors (Lipinski definition) is 2. The van der Waals surface area contributed by atoms with Gasteiger partial charge in [0.25, 0.3) is 5.91 Å². The topological polar surface area (TPSA) is 65.2 Å². The van der Waals surface area contributed by atoms with E-state index in [2.05, 4.69) is 10.3 Å². The summed E-state index contributed by atoms with van der Waals surface area (Å²) in [6.07, 6.45) is 5.36. The van der Waals surface area contributed by atoms with Crippen LogP contribution >= 0.6 is 0 Å². The van der Waals surface area contributed by atoms with Gasteiger partial charge in [0.2, 0.25) is 5.91 Å². The summed E-state index contributed by atoms with van der Waals surface area (Å²) < 4.78 is 0. The molecule has 2 fully saturated rings. The van der Waals surface area contributed by atoms with Gasteiger partial charge in [-0.25, -0.2) is 0 Å². The van der Waals surface area contributed by atoms with Gasteiger partial charge < -0.3 is 15.2 Å². The molecule has 1 aliphatic heterocycles. The first kappa shape index (κ1) is 17.1. The molecule has 2 amide bonds. The highest BCUT2D eigenvalue weighted by atomic mass is 16.2. The number of fused-ring (bicyclic) bond motifs is 1. The number of carbonyl (C=O) groups is 2. The van der Waals surface area contributed by atoms with E-state index >= 15 is 0 Å². The molecule has 0 spiro atoms. The van der Waals surface area contributed by atoms with Crippen molar-refractivity contribution in [3.8, 4) is 0 Å². The number of aromatic amines is 1. The molecule has 1 unspecified atom stereocenters. The van der Waals surface area contributed by atoms with Gasteiger partial charge in [-0.2, -0.15) is 0 Å². The fraction of sp³-hybridized carbons (Fsp3) is 0.524. The molecule has 1 aliphatic carbocycles. The Balaban J connectivity index is 1.49. The van der Waals surface area contributed by atoms with Crippen LogP contribution in [0.4, 0.5) is 0 Å². The molecule has 2 aliphatic rings. The number of benzene rings is 1. The molecule has 138 valence electrons. The number of rotatable bonds is 3. The summed E-state index contributed by atoms with van der Waals surface area (Å²) in [7, 11) is 0. The van der Waals surface area contributed by atoms with Crippen LogP contribution in [0.25, 0.3) is 10.9 Å². The van der Waals surface area contributed by atoms with Crippen LogP contribution in [-0.2, 0) is 4.79 Å². The lowest BCUT2D eigenvalue weighted by Crippen LogP contribution is -2.39. The molecule has 2 aromatic rings. The predicted octanol–water partition coefficient (Wildman–Crippen LogP) is 3.31. The molecule has 0 radical (unpaired) electrons. The van der Waals surface area contributed by atoms with Crippen LogP contribution in [-0.4, -0.2) is 40.8 Å². The third kappa shape index (κ3) is 3.00. The summed E-state index contributed by atoms with van der Waals surface area (Å²) >= 11 is 0. The van der Waals surface area contributed by atoms with Gasteiger partial charge >= 0.3 is 0 Å². The Labute approximate surface area is 154 Å². The smallest absolute Gasteiger partial charge is 0.254 e. The highest BCUT2D eigenvalue weighted by Crippen LogP contribution is 2.28. The first-order chi connectivity index (χ1) is 12.5. The van der Waals surface area contributed by atoms with Gasteiger partial charge in [-0.3, -0.25) is 9.59 Å². The summed E-state index contributed by atoms with van der Waals surface area (Å²) in [4.78, 5) is 30.8. The summed E-state index contributed by atoms with van der Waals surface area (Å²) in [5, 5.41) is 4.19. The summed E-state index contributed by atoms with van der Waals surface area (Å²) in [6, 6.07) is 6.17. The first-order valence-corrected chi connectivity index (χ1v) is 9.72. The lowest BCUT2D eigenvalue weighted by Gasteiger charge is -2.18. The van der Waals surface area contributed by atoms with Gasteiger partial charge in [-0.1, -0.05) is 18.9 Å². The minimum Gasteiger partial charge on any atom is -0.358 e. The number of hydrogen-bond donors (Lipinski definition) is 2. The van der Waals surface area contributed by atoms with Crippen LogP contribution in [0.15, 0.2) is 18.2 Å². The van der Waals surface area contributed by atoms with E-state index in [1.165, 1.54) is 12.8 Å². The Morgan fingerprint density at radius 2 is 1.92 bits per heavy atom. The Morgan fingerprint density at radius 3 is 2.69 bits per heavy atom. The first-order valence-electron chi connectivity index (χ1n) is 9.72. The van der Waals surface area contributed by atoms with E-state index in [0.717, 1.165) is 47.0 Å². The van der Waals surface area contributed by atoms with Gasteiger partial charge in [-0.15, -0.1) is 0 Å². The fourth-order valence-electron chi connectivity index (χ4n) is 4.44. The second-order valence-electron chi connectivity index (χ2n) is 7.83. The lowest BCUT2D eigenvalue weighted by molar-refractivity contribution is -0.125. The number of nitrogens with zero attached hydrogens (tertiary/aromatic N) is 1. The molecule has 1 saturated carbocycles. The van der Waals surface area contributed by atoms with E-state index in [0.29, 0.717) is 19.1 Å². The van der Waals surface area contributed by atoms with E-state index in [4.69, 9.17) is 0 Å². The van der Waals surface area contributed by atoms with Crippen LogP contribution in [0.5, 0.6) is 0 Å². The minimum absolute atomic E-state index is 0.0360. The van der Waals surface area contributed by atoms with Crippen LogP contribution in [0, 0.1) is 19.8 Å². The number of aromatic nitrogens is 1. The number of carbonyl (C=O) groups excluding carboxylic acids is 2. The molecule has 1 saturated heterocycles. The Morgan fingerprint density at radius 1 is 1.15 bits per heavy atom. The molecular formula is C21H27N3O2. The van der Waals surface area contributed by atoms with Crippen molar-refractivity contribution in [3.63, 3.8) is 0 Å². The highest BCUT2D eigenvalue weighted by Gasteiger charge is 2.33. The Bertz CT molecular complexity index is 848. The molecule has 4 rings (SSSR count). The quantitative estimate of drug-likeness (QED) is 0.889. The van der Waals surface area contributed by atoms with E-state index in [1.54, 1.807) is 0 Å². The van der Waals surface area contributed by atoms with Crippen molar-refractivity contribution in [2.45, 2.75) is 52.0 Å². The van der Waals surface area contributed by atoms with Crippen molar-refractivity contribution in [3.05, 3.63) is 35.0 Å². The normalized spacial score (nSPS) is 20.8. The van der Waals surface area contributed by atoms with Crippen molar-refractivity contribution < 1.29 is 9.59 Å².